The number of hydrogen-bond donors (Lipinski definition) is 3. The fourth-order valence-corrected chi connectivity index (χ4v) is 3.48. The normalized spacial score (nSPS) is 23.2. The lowest BCUT2D eigenvalue weighted by atomic mass is 9.85. The second-order valence-electron chi connectivity index (χ2n) is 6.74. The van der Waals surface area contributed by atoms with E-state index in [1.54, 1.807) is 0 Å². The molecule has 2 aromatic rings. The van der Waals surface area contributed by atoms with Crippen LogP contribution in [0, 0.1) is 5.92 Å². The summed E-state index contributed by atoms with van der Waals surface area (Å²) in [5.41, 5.74) is 8.70. The number of aromatic amines is 1. The molecule has 5 nitrogen and oxygen atoms in total. The highest BCUT2D eigenvalue weighted by atomic mass is 35.5. The van der Waals surface area contributed by atoms with E-state index in [9.17, 15) is 4.79 Å². The summed E-state index contributed by atoms with van der Waals surface area (Å²) in [4.78, 5) is 20.3. The molecule has 0 saturated heterocycles. The largest absolute Gasteiger partial charge is 0.342 e. The molecule has 2 fully saturated rings. The molecule has 2 aliphatic rings. The summed E-state index contributed by atoms with van der Waals surface area (Å²) in [6, 6.07) is 6.07. The number of fused-ring (bicyclic) bond motifs is 1. The second kappa shape index (κ2) is 7.72. The standard InChI is InChI=1S/C17H22N4O.2ClH/c18-12-5-4-11(8-12)17(22)19-13-6-7-14-15(9-13)21-16(20-14)10-2-1-3-10;;/h6-7,9-12H,1-5,8,18H2,(H,19,22)(H,20,21);2*1H. The Morgan fingerprint density at radius 1 is 1.21 bits per heavy atom. The highest BCUT2D eigenvalue weighted by Crippen LogP contribution is 2.35. The molecule has 4 rings (SSSR count). The van der Waals surface area contributed by atoms with Gasteiger partial charge in [-0.05, 0) is 50.3 Å². The SMILES string of the molecule is Cl.Cl.NC1CCC(C(=O)Nc2ccc3nc(C4CCC4)[nH]c3c2)C1. The van der Waals surface area contributed by atoms with Gasteiger partial charge in [-0.3, -0.25) is 4.79 Å². The number of nitrogens with one attached hydrogen (secondary N) is 2. The Morgan fingerprint density at radius 3 is 2.62 bits per heavy atom. The van der Waals surface area contributed by atoms with E-state index < -0.39 is 0 Å². The smallest absolute Gasteiger partial charge is 0.227 e. The van der Waals surface area contributed by atoms with Gasteiger partial charge in [0.05, 0.1) is 11.0 Å². The number of nitrogens with zero attached hydrogens (tertiary/aromatic N) is 1. The number of imidazole rings is 1. The van der Waals surface area contributed by atoms with Crippen molar-refractivity contribution >= 4 is 47.4 Å². The Labute approximate surface area is 154 Å². The van der Waals surface area contributed by atoms with Crippen molar-refractivity contribution < 1.29 is 4.79 Å². The topological polar surface area (TPSA) is 83.8 Å². The number of anilines is 1. The summed E-state index contributed by atoms with van der Waals surface area (Å²) in [6.07, 6.45) is 6.39. The average molecular weight is 371 g/mol. The molecule has 4 N–H and O–H groups in total. The summed E-state index contributed by atoms with van der Waals surface area (Å²) >= 11 is 0. The van der Waals surface area contributed by atoms with Crippen molar-refractivity contribution in [2.75, 3.05) is 5.32 Å². The van der Waals surface area contributed by atoms with Crippen molar-refractivity contribution in [1.82, 2.24) is 9.97 Å². The van der Waals surface area contributed by atoms with E-state index in [-0.39, 0.29) is 42.7 Å². The van der Waals surface area contributed by atoms with Crippen LogP contribution in [0.1, 0.15) is 50.3 Å². The minimum atomic E-state index is 0. The molecule has 0 aliphatic heterocycles. The molecule has 132 valence electrons. The molecule has 1 aromatic carbocycles. The molecule has 24 heavy (non-hydrogen) atoms. The minimum Gasteiger partial charge on any atom is -0.342 e. The van der Waals surface area contributed by atoms with Crippen molar-refractivity contribution in [1.29, 1.82) is 0 Å². The van der Waals surface area contributed by atoms with E-state index >= 15 is 0 Å². The Morgan fingerprint density at radius 2 is 2.00 bits per heavy atom. The van der Waals surface area contributed by atoms with E-state index in [1.807, 2.05) is 18.2 Å². The van der Waals surface area contributed by atoms with Gasteiger partial charge in [0, 0.05) is 23.6 Å². The predicted octanol–water partition coefficient (Wildman–Crippen LogP) is 3.74. The molecule has 2 saturated carbocycles. The number of hydrogen-bond acceptors (Lipinski definition) is 3. The van der Waals surface area contributed by atoms with Crippen LogP contribution in [0.5, 0.6) is 0 Å². The number of halogens is 2. The molecule has 2 aliphatic carbocycles. The van der Waals surface area contributed by atoms with Gasteiger partial charge in [-0.25, -0.2) is 4.98 Å². The number of aromatic nitrogens is 2. The lowest BCUT2D eigenvalue weighted by Gasteiger charge is -2.22. The fraction of sp³-hybridized carbons (Fsp3) is 0.529. The van der Waals surface area contributed by atoms with Crippen LogP contribution in [0.25, 0.3) is 11.0 Å². The van der Waals surface area contributed by atoms with Crippen LogP contribution in [-0.4, -0.2) is 21.9 Å². The van der Waals surface area contributed by atoms with Gasteiger partial charge in [0.2, 0.25) is 5.91 Å². The minimum absolute atomic E-state index is 0. The highest BCUT2D eigenvalue weighted by Gasteiger charge is 2.28. The molecule has 2 atom stereocenters. The van der Waals surface area contributed by atoms with E-state index in [0.717, 1.165) is 41.8 Å². The summed E-state index contributed by atoms with van der Waals surface area (Å²) in [6.45, 7) is 0. The highest BCUT2D eigenvalue weighted by molar-refractivity contribution is 5.94. The van der Waals surface area contributed by atoms with E-state index in [2.05, 4.69) is 15.3 Å². The summed E-state index contributed by atoms with van der Waals surface area (Å²) in [5, 5.41) is 3.02. The summed E-state index contributed by atoms with van der Waals surface area (Å²) < 4.78 is 0. The van der Waals surface area contributed by atoms with Crippen LogP contribution >= 0.6 is 24.8 Å². The van der Waals surface area contributed by atoms with Gasteiger partial charge in [-0.1, -0.05) is 6.42 Å². The van der Waals surface area contributed by atoms with Crippen LogP contribution < -0.4 is 11.1 Å². The number of carbonyl (C=O) groups excluding carboxylic acids is 1. The molecule has 1 amide bonds. The maximum Gasteiger partial charge on any atom is 0.227 e. The Kier molecular flexibility index (Phi) is 6.12. The van der Waals surface area contributed by atoms with Gasteiger partial charge in [-0.15, -0.1) is 24.8 Å². The van der Waals surface area contributed by atoms with Crippen molar-refractivity contribution in [3.63, 3.8) is 0 Å². The van der Waals surface area contributed by atoms with Crippen LogP contribution in [-0.2, 0) is 4.79 Å². The van der Waals surface area contributed by atoms with Gasteiger partial charge in [0.15, 0.2) is 0 Å². The van der Waals surface area contributed by atoms with Gasteiger partial charge in [0.25, 0.3) is 0 Å². The zero-order chi connectivity index (χ0) is 15.1. The molecule has 2 unspecified atom stereocenters. The first-order valence-electron chi connectivity index (χ1n) is 8.25. The van der Waals surface area contributed by atoms with Crippen molar-refractivity contribution in [3.05, 3.63) is 24.0 Å². The quantitative estimate of drug-likeness (QED) is 0.769. The molecule has 7 heteroatoms. The average Bonchev–Trinajstić information content (AvgIpc) is 3.02. The Bertz CT molecular complexity index is 714. The lowest BCUT2D eigenvalue weighted by molar-refractivity contribution is -0.119. The van der Waals surface area contributed by atoms with E-state index in [0.29, 0.717) is 5.92 Å². The third-order valence-corrected chi connectivity index (χ3v) is 5.10. The fourth-order valence-electron chi connectivity index (χ4n) is 3.48. The van der Waals surface area contributed by atoms with Crippen molar-refractivity contribution in [2.45, 2.75) is 50.5 Å². The van der Waals surface area contributed by atoms with Crippen molar-refractivity contribution in [3.8, 4) is 0 Å². The number of H-pyrrole nitrogens is 1. The summed E-state index contributed by atoms with van der Waals surface area (Å²) in [7, 11) is 0. The second-order valence-corrected chi connectivity index (χ2v) is 6.74. The number of carbonyl (C=O) groups is 1. The number of benzene rings is 1. The van der Waals surface area contributed by atoms with Crippen LogP contribution in [0.2, 0.25) is 0 Å². The molecule has 0 radical (unpaired) electrons. The van der Waals surface area contributed by atoms with Gasteiger partial charge >= 0.3 is 0 Å². The van der Waals surface area contributed by atoms with Gasteiger partial charge in [-0.2, -0.15) is 0 Å². The molecular weight excluding hydrogens is 347 g/mol. The van der Waals surface area contributed by atoms with Crippen LogP contribution in [0.15, 0.2) is 18.2 Å². The molecule has 1 aromatic heterocycles. The lowest BCUT2D eigenvalue weighted by Crippen LogP contribution is -2.23. The summed E-state index contributed by atoms with van der Waals surface area (Å²) in [5.74, 6) is 1.82. The van der Waals surface area contributed by atoms with E-state index in [1.165, 1.54) is 19.3 Å². The number of amides is 1. The first kappa shape index (κ1) is 19.0. The third kappa shape index (κ3) is 3.68. The first-order chi connectivity index (χ1) is 10.7. The molecule has 0 spiro atoms. The molecule has 1 heterocycles. The molecule has 0 bridgehead atoms. The zero-order valence-electron chi connectivity index (χ0n) is 13.5. The monoisotopic (exact) mass is 370 g/mol. The van der Waals surface area contributed by atoms with Gasteiger partial charge in [0.1, 0.15) is 5.82 Å². The number of rotatable bonds is 3. The maximum absolute atomic E-state index is 12.3. The zero-order valence-corrected chi connectivity index (χ0v) is 15.1. The van der Waals surface area contributed by atoms with E-state index in [4.69, 9.17) is 5.73 Å². The third-order valence-electron chi connectivity index (χ3n) is 5.10. The van der Waals surface area contributed by atoms with Gasteiger partial charge < -0.3 is 16.0 Å². The molecular formula is C17H24Cl2N4O. The van der Waals surface area contributed by atoms with Crippen molar-refractivity contribution in [2.24, 2.45) is 11.7 Å². The Hall–Kier alpha value is -1.30. The predicted molar refractivity (Wildman–Crippen MR) is 101 cm³/mol. The van der Waals surface area contributed by atoms with Crippen LogP contribution in [0.4, 0.5) is 5.69 Å². The maximum atomic E-state index is 12.3. The van der Waals surface area contributed by atoms with Crippen LogP contribution in [0.3, 0.4) is 0 Å². The number of nitrogens with two attached hydrogens (primary N) is 1. The Balaban J connectivity index is 0.00000104. The first-order valence-corrected chi connectivity index (χ1v) is 8.25.